The molecule has 102 valence electrons. The van der Waals surface area contributed by atoms with Crippen LogP contribution in [0.2, 0.25) is 0 Å². The maximum atomic E-state index is 12.0. The van der Waals surface area contributed by atoms with Crippen molar-refractivity contribution < 1.29 is 19.1 Å². The van der Waals surface area contributed by atoms with E-state index in [9.17, 15) is 9.59 Å². The third-order valence-electron chi connectivity index (χ3n) is 2.98. The van der Waals surface area contributed by atoms with Crippen LogP contribution in [0, 0.1) is 0 Å². The number of hydrogen-bond donors (Lipinski definition) is 2. The highest BCUT2D eigenvalue weighted by Crippen LogP contribution is 2.29. The minimum atomic E-state index is -0.483. The average molecular weight is 264 g/mol. The summed E-state index contributed by atoms with van der Waals surface area (Å²) in [6.07, 6.45) is 0.893. The van der Waals surface area contributed by atoms with Gasteiger partial charge in [-0.2, -0.15) is 0 Å². The molecule has 19 heavy (non-hydrogen) atoms. The van der Waals surface area contributed by atoms with E-state index in [1.54, 1.807) is 25.3 Å². The summed E-state index contributed by atoms with van der Waals surface area (Å²) in [4.78, 5) is 23.1. The van der Waals surface area contributed by atoms with Gasteiger partial charge in [0.1, 0.15) is 17.5 Å². The topological polar surface area (TPSA) is 76.7 Å². The zero-order valence-corrected chi connectivity index (χ0v) is 10.9. The van der Waals surface area contributed by atoms with Gasteiger partial charge in [0.2, 0.25) is 11.8 Å². The zero-order chi connectivity index (χ0) is 13.8. The molecule has 0 saturated carbocycles. The lowest BCUT2D eigenvalue weighted by Crippen LogP contribution is -2.37. The van der Waals surface area contributed by atoms with Crippen LogP contribution in [0.25, 0.3) is 0 Å². The first-order valence-electron chi connectivity index (χ1n) is 5.96. The zero-order valence-electron chi connectivity index (χ0n) is 10.9. The summed E-state index contributed by atoms with van der Waals surface area (Å²) in [5.74, 6) is 0.806. The third-order valence-corrected chi connectivity index (χ3v) is 2.98. The van der Waals surface area contributed by atoms with E-state index in [1.807, 2.05) is 0 Å². The first-order valence-corrected chi connectivity index (χ1v) is 5.96. The number of methoxy groups -OCH3 is 2. The van der Waals surface area contributed by atoms with Crippen molar-refractivity contribution in [2.45, 2.75) is 18.9 Å². The van der Waals surface area contributed by atoms with Crippen LogP contribution < -0.4 is 20.1 Å². The number of hydrogen-bond acceptors (Lipinski definition) is 4. The molecule has 0 aliphatic carbocycles. The largest absolute Gasteiger partial charge is 0.497 e. The van der Waals surface area contributed by atoms with E-state index in [-0.39, 0.29) is 11.8 Å². The Morgan fingerprint density at radius 1 is 1.37 bits per heavy atom. The molecule has 6 nitrogen and oxygen atoms in total. The summed E-state index contributed by atoms with van der Waals surface area (Å²) in [7, 11) is 3.07. The molecule has 1 aliphatic heterocycles. The van der Waals surface area contributed by atoms with Crippen molar-refractivity contribution in [2.24, 2.45) is 0 Å². The third kappa shape index (κ3) is 2.96. The molecule has 6 heteroatoms. The number of anilines is 1. The molecular formula is C13H16N2O4. The Morgan fingerprint density at radius 3 is 2.74 bits per heavy atom. The Labute approximate surface area is 111 Å². The molecular weight excluding hydrogens is 248 g/mol. The predicted molar refractivity (Wildman–Crippen MR) is 69.3 cm³/mol. The van der Waals surface area contributed by atoms with Gasteiger partial charge in [0, 0.05) is 12.5 Å². The lowest BCUT2D eigenvalue weighted by molar-refractivity contribution is -0.122. The van der Waals surface area contributed by atoms with Crippen molar-refractivity contribution in [2.75, 3.05) is 19.5 Å². The minimum absolute atomic E-state index is 0.0993. The molecule has 1 aliphatic rings. The van der Waals surface area contributed by atoms with Crippen LogP contribution >= 0.6 is 0 Å². The second-order valence-electron chi connectivity index (χ2n) is 4.21. The Hall–Kier alpha value is -2.24. The molecule has 0 spiro atoms. The molecule has 0 unspecified atom stereocenters. The van der Waals surface area contributed by atoms with Gasteiger partial charge in [-0.15, -0.1) is 0 Å². The molecule has 1 saturated heterocycles. The molecule has 2 amide bonds. The van der Waals surface area contributed by atoms with E-state index < -0.39 is 6.04 Å². The predicted octanol–water partition coefficient (Wildman–Crippen LogP) is 0.921. The molecule has 1 heterocycles. The van der Waals surface area contributed by atoms with Crippen molar-refractivity contribution in [1.82, 2.24) is 5.32 Å². The molecule has 0 radical (unpaired) electrons. The van der Waals surface area contributed by atoms with Gasteiger partial charge in [-0.05, 0) is 18.6 Å². The standard InChI is InChI=1S/C13H16N2O4/c1-18-8-3-5-11(19-2)10(7-8)15-13(17)9-4-6-12(16)14-9/h3,5,7,9H,4,6H2,1-2H3,(H,14,16)(H,15,17)/t9-/m0/s1. The van der Waals surface area contributed by atoms with E-state index in [4.69, 9.17) is 9.47 Å². The number of ether oxygens (including phenoxy) is 2. The molecule has 1 aromatic carbocycles. The van der Waals surface area contributed by atoms with Crippen LogP contribution in [0.3, 0.4) is 0 Å². The van der Waals surface area contributed by atoms with Gasteiger partial charge in [-0.25, -0.2) is 0 Å². The second-order valence-corrected chi connectivity index (χ2v) is 4.21. The molecule has 1 atom stereocenters. The molecule has 2 rings (SSSR count). The molecule has 0 bridgehead atoms. The van der Waals surface area contributed by atoms with Crippen LogP contribution in [0.15, 0.2) is 18.2 Å². The molecule has 1 aromatic rings. The number of nitrogens with one attached hydrogen (secondary N) is 2. The maximum absolute atomic E-state index is 12.0. The number of rotatable bonds is 4. The van der Waals surface area contributed by atoms with Crippen LogP contribution in [-0.4, -0.2) is 32.1 Å². The Morgan fingerprint density at radius 2 is 2.16 bits per heavy atom. The Balaban J connectivity index is 2.13. The van der Waals surface area contributed by atoms with Crippen LogP contribution in [-0.2, 0) is 9.59 Å². The first-order chi connectivity index (χ1) is 9.13. The quantitative estimate of drug-likeness (QED) is 0.848. The average Bonchev–Trinajstić information content (AvgIpc) is 2.85. The lowest BCUT2D eigenvalue weighted by atomic mass is 10.2. The summed E-state index contributed by atoms with van der Waals surface area (Å²) in [5.41, 5.74) is 0.521. The van der Waals surface area contributed by atoms with Gasteiger partial charge in [-0.3, -0.25) is 9.59 Å². The van der Waals surface area contributed by atoms with Gasteiger partial charge < -0.3 is 20.1 Å². The summed E-state index contributed by atoms with van der Waals surface area (Å²) in [5, 5.41) is 5.36. The fraction of sp³-hybridized carbons (Fsp3) is 0.385. The number of benzene rings is 1. The van der Waals surface area contributed by atoms with Crippen molar-refractivity contribution >= 4 is 17.5 Å². The highest BCUT2D eigenvalue weighted by Gasteiger charge is 2.27. The summed E-state index contributed by atoms with van der Waals surface area (Å²) >= 11 is 0. The van der Waals surface area contributed by atoms with Crippen LogP contribution in [0.4, 0.5) is 5.69 Å². The smallest absolute Gasteiger partial charge is 0.247 e. The summed E-state index contributed by atoms with van der Waals surface area (Å²) in [6, 6.07) is 4.64. The summed E-state index contributed by atoms with van der Waals surface area (Å²) < 4.78 is 10.3. The fourth-order valence-electron chi connectivity index (χ4n) is 1.94. The van der Waals surface area contributed by atoms with Gasteiger partial charge in [0.05, 0.1) is 19.9 Å². The van der Waals surface area contributed by atoms with Crippen molar-refractivity contribution in [3.8, 4) is 11.5 Å². The number of carbonyl (C=O) groups is 2. The van der Waals surface area contributed by atoms with Crippen LogP contribution in [0.5, 0.6) is 11.5 Å². The van der Waals surface area contributed by atoms with Gasteiger partial charge >= 0.3 is 0 Å². The molecule has 1 fully saturated rings. The number of carbonyl (C=O) groups excluding carboxylic acids is 2. The van der Waals surface area contributed by atoms with Crippen molar-refractivity contribution in [3.63, 3.8) is 0 Å². The Bertz CT molecular complexity index is 501. The SMILES string of the molecule is COc1ccc(OC)c(NC(=O)[C@@H]2CCC(=O)N2)c1. The summed E-state index contributed by atoms with van der Waals surface area (Å²) in [6.45, 7) is 0. The first kappa shape index (κ1) is 13.2. The number of amides is 2. The lowest BCUT2D eigenvalue weighted by Gasteiger charge is -2.14. The van der Waals surface area contributed by atoms with E-state index in [2.05, 4.69) is 10.6 Å². The fourth-order valence-corrected chi connectivity index (χ4v) is 1.94. The van der Waals surface area contributed by atoms with Gasteiger partial charge in [0.15, 0.2) is 0 Å². The normalized spacial score (nSPS) is 17.8. The van der Waals surface area contributed by atoms with Gasteiger partial charge in [-0.1, -0.05) is 0 Å². The van der Waals surface area contributed by atoms with Crippen molar-refractivity contribution in [1.29, 1.82) is 0 Å². The van der Waals surface area contributed by atoms with Gasteiger partial charge in [0.25, 0.3) is 0 Å². The van der Waals surface area contributed by atoms with E-state index in [0.717, 1.165) is 0 Å². The molecule has 0 aromatic heterocycles. The van der Waals surface area contributed by atoms with Crippen molar-refractivity contribution in [3.05, 3.63) is 18.2 Å². The molecule has 2 N–H and O–H groups in total. The van der Waals surface area contributed by atoms with E-state index in [1.165, 1.54) is 7.11 Å². The van der Waals surface area contributed by atoms with E-state index >= 15 is 0 Å². The van der Waals surface area contributed by atoms with E-state index in [0.29, 0.717) is 30.0 Å². The second kappa shape index (κ2) is 5.60. The minimum Gasteiger partial charge on any atom is -0.497 e. The monoisotopic (exact) mass is 264 g/mol. The highest BCUT2D eigenvalue weighted by molar-refractivity contribution is 6.00. The Kier molecular flexibility index (Phi) is 3.89. The maximum Gasteiger partial charge on any atom is 0.247 e. The van der Waals surface area contributed by atoms with Crippen LogP contribution in [0.1, 0.15) is 12.8 Å². The highest BCUT2D eigenvalue weighted by atomic mass is 16.5.